The number of rotatable bonds is 4. The highest BCUT2D eigenvalue weighted by molar-refractivity contribution is 7.89. The summed E-state index contributed by atoms with van der Waals surface area (Å²) in [5.41, 5.74) is 3.33. The number of sulfonamides is 1. The molecule has 2 heterocycles. The Kier molecular flexibility index (Phi) is 5.45. The van der Waals surface area contributed by atoms with Crippen molar-refractivity contribution >= 4 is 38.9 Å². The van der Waals surface area contributed by atoms with Crippen molar-refractivity contribution in [2.24, 2.45) is 0 Å². The Morgan fingerprint density at radius 1 is 1.28 bits per heavy atom. The van der Waals surface area contributed by atoms with Gasteiger partial charge in [-0.3, -0.25) is 10.0 Å². The van der Waals surface area contributed by atoms with Gasteiger partial charge in [0.2, 0.25) is 10.0 Å². The molecule has 134 valence electrons. The molecule has 9 heteroatoms. The van der Waals surface area contributed by atoms with Crippen LogP contribution in [-0.4, -0.2) is 35.6 Å². The molecule has 1 saturated heterocycles. The SMILES string of the molecule is O=C(NO)[C@H]1CCCS(=O)(=O)N1Cc1ccc(-c2ccc(Cl)s2)cc1. The third kappa shape index (κ3) is 4.04. The molecular formula is C16H17ClN2O4S2. The number of halogens is 1. The number of carbonyl (C=O) groups is 1. The first-order valence-electron chi connectivity index (χ1n) is 7.69. The lowest BCUT2D eigenvalue weighted by atomic mass is 10.1. The largest absolute Gasteiger partial charge is 0.289 e. The van der Waals surface area contributed by atoms with Gasteiger partial charge < -0.3 is 0 Å². The summed E-state index contributed by atoms with van der Waals surface area (Å²) in [6.07, 6.45) is 0.784. The lowest BCUT2D eigenvalue weighted by Crippen LogP contribution is -2.51. The summed E-state index contributed by atoms with van der Waals surface area (Å²) in [6.45, 7) is 0.0892. The molecule has 6 nitrogen and oxygen atoms in total. The third-order valence-corrected chi connectivity index (χ3v) is 7.33. The van der Waals surface area contributed by atoms with Crippen molar-refractivity contribution in [2.45, 2.75) is 25.4 Å². The highest BCUT2D eigenvalue weighted by atomic mass is 35.5. The van der Waals surface area contributed by atoms with E-state index in [1.165, 1.54) is 15.6 Å². The third-order valence-electron chi connectivity index (χ3n) is 4.15. The van der Waals surface area contributed by atoms with E-state index in [2.05, 4.69) is 0 Å². The molecule has 0 unspecified atom stereocenters. The lowest BCUT2D eigenvalue weighted by molar-refractivity contribution is -0.133. The molecule has 1 amide bonds. The molecule has 0 aliphatic carbocycles. The van der Waals surface area contributed by atoms with Crippen LogP contribution in [0, 0.1) is 0 Å². The topological polar surface area (TPSA) is 86.7 Å². The van der Waals surface area contributed by atoms with Crippen molar-refractivity contribution in [3.8, 4) is 10.4 Å². The molecule has 1 fully saturated rings. The molecule has 1 atom stereocenters. The zero-order chi connectivity index (χ0) is 18.0. The number of thiophene rings is 1. The minimum absolute atomic E-state index is 0.00792. The maximum atomic E-state index is 12.4. The van der Waals surface area contributed by atoms with Crippen LogP contribution in [0.5, 0.6) is 0 Å². The van der Waals surface area contributed by atoms with Gasteiger partial charge in [-0.15, -0.1) is 11.3 Å². The van der Waals surface area contributed by atoms with Crippen molar-refractivity contribution in [2.75, 3.05) is 5.75 Å². The number of nitrogens with zero attached hydrogens (tertiary/aromatic N) is 1. The van der Waals surface area contributed by atoms with Crippen molar-refractivity contribution < 1.29 is 18.4 Å². The van der Waals surface area contributed by atoms with Crippen molar-refractivity contribution in [3.63, 3.8) is 0 Å². The Morgan fingerprint density at radius 2 is 2.00 bits per heavy atom. The van der Waals surface area contributed by atoms with E-state index in [1.54, 1.807) is 5.48 Å². The highest BCUT2D eigenvalue weighted by Gasteiger charge is 2.38. The molecule has 2 N–H and O–H groups in total. The Hall–Kier alpha value is -1.45. The van der Waals surface area contributed by atoms with Crippen LogP contribution < -0.4 is 5.48 Å². The van der Waals surface area contributed by atoms with Crippen molar-refractivity contribution in [1.82, 2.24) is 9.79 Å². The fourth-order valence-corrected chi connectivity index (χ4v) is 5.63. The van der Waals surface area contributed by atoms with Crippen LogP contribution in [0.15, 0.2) is 36.4 Å². The van der Waals surface area contributed by atoms with E-state index in [-0.39, 0.29) is 12.3 Å². The maximum Gasteiger partial charge on any atom is 0.261 e. The first kappa shape index (κ1) is 18.3. The van der Waals surface area contributed by atoms with Crippen LogP contribution >= 0.6 is 22.9 Å². The van der Waals surface area contributed by atoms with Crippen LogP contribution in [0.3, 0.4) is 0 Å². The molecule has 3 rings (SSSR count). The van der Waals surface area contributed by atoms with Crippen LogP contribution in [-0.2, 0) is 21.4 Å². The van der Waals surface area contributed by atoms with Crippen LogP contribution in [0.2, 0.25) is 4.34 Å². The summed E-state index contributed by atoms with van der Waals surface area (Å²) >= 11 is 7.42. The molecule has 0 radical (unpaired) electrons. The van der Waals surface area contributed by atoms with Gasteiger partial charge in [-0.2, -0.15) is 4.31 Å². The second-order valence-corrected chi connectivity index (χ2v) is 9.55. The molecule has 0 spiro atoms. The first-order chi connectivity index (χ1) is 11.9. The fourth-order valence-electron chi connectivity index (χ4n) is 2.88. The van der Waals surface area contributed by atoms with Gasteiger partial charge in [0, 0.05) is 11.4 Å². The molecule has 0 saturated carbocycles. The maximum absolute atomic E-state index is 12.4. The molecule has 1 aliphatic rings. The van der Waals surface area contributed by atoms with E-state index < -0.39 is 22.0 Å². The zero-order valence-electron chi connectivity index (χ0n) is 13.2. The van der Waals surface area contributed by atoms with E-state index in [9.17, 15) is 13.2 Å². The van der Waals surface area contributed by atoms with E-state index in [1.807, 2.05) is 36.4 Å². The number of carbonyl (C=O) groups excluding carboxylic acids is 1. The number of nitrogens with one attached hydrogen (secondary N) is 1. The van der Waals surface area contributed by atoms with E-state index in [4.69, 9.17) is 16.8 Å². The van der Waals surface area contributed by atoms with Gasteiger partial charge in [-0.25, -0.2) is 13.9 Å². The quantitative estimate of drug-likeness (QED) is 0.610. The Bertz CT molecular complexity index is 865. The average Bonchev–Trinajstić information content (AvgIpc) is 3.03. The summed E-state index contributed by atoms with van der Waals surface area (Å²) in [5.74, 6) is -0.693. The zero-order valence-corrected chi connectivity index (χ0v) is 15.6. The van der Waals surface area contributed by atoms with Gasteiger partial charge >= 0.3 is 0 Å². The standard InChI is InChI=1S/C16H17ClN2O4S2/c17-15-8-7-14(24-15)12-5-3-11(4-6-12)10-19-13(16(20)18-21)2-1-9-25(19,22)23/h3-8,13,21H,1-2,9-10H2,(H,18,20)/t13-/m1/s1. The van der Waals surface area contributed by atoms with Crippen LogP contribution in [0.1, 0.15) is 18.4 Å². The monoisotopic (exact) mass is 400 g/mol. The Labute approximate surface area is 155 Å². The molecule has 0 bridgehead atoms. The summed E-state index contributed by atoms with van der Waals surface area (Å²) in [7, 11) is -3.54. The molecule has 1 aromatic carbocycles. The van der Waals surface area contributed by atoms with E-state index >= 15 is 0 Å². The number of benzene rings is 1. The fraction of sp³-hybridized carbons (Fsp3) is 0.312. The minimum atomic E-state index is -3.54. The second kappa shape index (κ2) is 7.43. The summed E-state index contributed by atoms with van der Waals surface area (Å²) in [6, 6.07) is 10.3. The van der Waals surface area contributed by atoms with E-state index in [0.29, 0.717) is 17.2 Å². The predicted molar refractivity (Wildman–Crippen MR) is 97.0 cm³/mol. The molecule has 1 aromatic heterocycles. The van der Waals surface area contributed by atoms with Crippen LogP contribution in [0.25, 0.3) is 10.4 Å². The second-order valence-electron chi connectivity index (χ2n) is 5.80. The lowest BCUT2D eigenvalue weighted by Gasteiger charge is -2.33. The molecule has 25 heavy (non-hydrogen) atoms. The smallest absolute Gasteiger partial charge is 0.261 e. The van der Waals surface area contributed by atoms with Gasteiger partial charge in [0.25, 0.3) is 5.91 Å². The predicted octanol–water partition coefficient (Wildman–Crippen LogP) is 2.87. The first-order valence-corrected chi connectivity index (χ1v) is 10.5. The van der Waals surface area contributed by atoms with Gasteiger partial charge in [-0.1, -0.05) is 35.9 Å². The molecular weight excluding hydrogens is 384 g/mol. The van der Waals surface area contributed by atoms with Crippen molar-refractivity contribution in [3.05, 3.63) is 46.3 Å². The van der Waals surface area contributed by atoms with E-state index in [0.717, 1.165) is 16.0 Å². The molecule has 2 aromatic rings. The number of hydrogen-bond donors (Lipinski definition) is 2. The molecule has 1 aliphatic heterocycles. The number of hydrogen-bond acceptors (Lipinski definition) is 5. The van der Waals surface area contributed by atoms with Crippen molar-refractivity contribution in [1.29, 1.82) is 0 Å². The average molecular weight is 401 g/mol. The highest BCUT2D eigenvalue weighted by Crippen LogP contribution is 2.31. The number of hydroxylamine groups is 1. The summed E-state index contributed by atoms with van der Waals surface area (Å²) < 4.78 is 26.6. The van der Waals surface area contributed by atoms with Gasteiger partial charge in [0.05, 0.1) is 10.1 Å². The van der Waals surface area contributed by atoms with Crippen LogP contribution in [0.4, 0.5) is 0 Å². The Balaban J connectivity index is 1.82. The van der Waals surface area contributed by atoms with Gasteiger partial charge in [0.1, 0.15) is 6.04 Å². The summed E-state index contributed by atoms with van der Waals surface area (Å²) in [5, 5.41) is 8.87. The normalized spacial score (nSPS) is 20.3. The Morgan fingerprint density at radius 3 is 2.60 bits per heavy atom. The minimum Gasteiger partial charge on any atom is -0.289 e. The van der Waals surface area contributed by atoms with Gasteiger partial charge in [0.15, 0.2) is 0 Å². The van der Waals surface area contributed by atoms with Gasteiger partial charge in [-0.05, 0) is 36.1 Å². The number of amides is 1. The summed E-state index contributed by atoms with van der Waals surface area (Å²) in [4.78, 5) is 12.8.